The molecule has 3 rings (SSSR count). The maximum atomic E-state index is 13.4. The fraction of sp³-hybridized carbons (Fsp3) is 0.524. The lowest BCUT2D eigenvalue weighted by molar-refractivity contribution is -0.136. The number of hydrogen-bond acceptors (Lipinski definition) is 3. The summed E-state index contributed by atoms with van der Waals surface area (Å²) in [5, 5.41) is -0.0472. The Bertz CT molecular complexity index is 832. The normalized spacial score (nSPS) is 21.3. The van der Waals surface area contributed by atoms with E-state index >= 15 is 0 Å². The van der Waals surface area contributed by atoms with Crippen molar-refractivity contribution in [1.29, 1.82) is 0 Å². The van der Waals surface area contributed by atoms with Crippen molar-refractivity contribution in [3.05, 3.63) is 35.5 Å². The predicted octanol–water partition coefficient (Wildman–Crippen LogP) is 6.05. The first kappa shape index (κ1) is 19.6. The van der Waals surface area contributed by atoms with Crippen molar-refractivity contribution in [3.63, 3.8) is 0 Å². The maximum absolute atomic E-state index is 13.4. The molecular formula is C21H24F3NO2. The molecule has 6 heteroatoms. The van der Waals surface area contributed by atoms with Crippen molar-refractivity contribution < 1.29 is 22.7 Å². The highest BCUT2D eigenvalue weighted by Crippen LogP contribution is 2.40. The van der Waals surface area contributed by atoms with Crippen molar-refractivity contribution in [3.8, 4) is 5.75 Å². The first-order chi connectivity index (χ1) is 12.6. The first-order valence-electron chi connectivity index (χ1n) is 9.22. The summed E-state index contributed by atoms with van der Waals surface area (Å²) in [6.45, 7) is 6.71. The number of benzene rings is 1. The highest BCUT2D eigenvalue weighted by molar-refractivity contribution is 5.88. The van der Waals surface area contributed by atoms with Crippen LogP contribution in [-0.4, -0.2) is 17.4 Å². The SMILES string of the molecule is CC(C)(C)[C@H]1CC[C@H](Oc2ccc3nc(C=O)cc(C(F)(F)F)c3c2)CC1. The molecule has 3 nitrogen and oxygen atoms in total. The van der Waals surface area contributed by atoms with Gasteiger partial charge >= 0.3 is 6.18 Å². The molecule has 0 aliphatic heterocycles. The molecular weight excluding hydrogens is 355 g/mol. The van der Waals surface area contributed by atoms with E-state index in [9.17, 15) is 18.0 Å². The number of pyridine rings is 1. The molecule has 0 atom stereocenters. The Morgan fingerprint density at radius 1 is 1.07 bits per heavy atom. The van der Waals surface area contributed by atoms with Gasteiger partial charge in [-0.3, -0.25) is 4.79 Å². The number of nitrogens with zero attached hydrogens (tertiary/aromatic N) is 1. The van der Waals surface area contributed by atoms with Crippen LogP contribution in [0.2, 0.25) is 0 Å². The van der Waals surface area contributed by atoms with Crippen molar-refractivity contribution >= 4 is 17.2 Å². The number of hydrogen-bond donors (Lipinski definition) is 0. The summed E-state index contributed by atoms with van der Waals surface area (Å²) >= 11 is 0. The van der Waals surface area contributed by atoms with Crippen molar-refractivity contribution in [1.82, 2.24) is 4.98 Å². The fourth-order valence-corrected chi connectivity index (χ4v) is 3.83. The van der Waals surface area contributed by atoms with E-state index < -0.39 is 11.7 Å². The third kappa shape index (κ3) is 4.42. The zero-order valence-electron chi connectivity index (χ0n) is 15.8. The van der Waals surface area contributed by atoms with E-state index in [1.54, 1.807) is 6.07 Å². The summed E-state index contributed by atoms with van der Waals surface area (Å²) < 4.78 is 46.2. The lowest BCUT2D eigenvalue weighted by Gasteiger charge is -2.37. The lowest BCUT2D eigenvalue weighted by Crippen LogP contribution is -2.30. The number of alkyl halides is 3. The smallest absolute Gasteiger partial charge is 0.417 e. The number of halogens is 3. The molecule has 2 aromatic rings. The summed E-state index contributed by atoms with van der Waals surface area (Å²) in [6, 6.07) is 5.27. The molecule has 0 bridgehead atoms. The standard InChI is InChI=1S/C21H24F3NO2/c1-20(2,3)13-4-6-15(7-5-13)27-16-8-9-19-17(11-16)18(21(22,23)24)10-14(12-26)25-19/h8-13,15H,4-7H2,1-3H3/t13-,15-. The van der Waals surface area contributed by atoms with Crippen molar-refractivity contribution in [2.45, 2.75) is 58.7 Å². The Morgan fingerprint density at radius 3 is 2.30 bits per heavy atom. The molecule has 1 aliphatic carbocycles. The average Bonchev–Trinajstić information content (AvgIpc) is 2.59. The molecule has 0 saturated heterocycles. The molecule has 0 unspecified atom stereocenters. The fourth-order valence-electron chi connectivity index (χ4n) is 3.83. The van der Waals surface area contributed by atoms with Crippen molar-refractivity contribution in [2.75, 3.05) is 0 Å². The van der Waals surface area contributed by atoms with Crippen LogP contribution in [0.15, 0.2) is 24.3 Å². The van der Waals surface area contributed by atoms with Gasteiger partial charge in [0.15, 0.2) is 6.29 Å². The lowest BCUT2D eigenvalue weighted by atomic mass is 9.72. The van der Waals surface area contributed by atoms with Crippen LogP contribution >= 0.6 is 0 Å². The molecule has 1 aromatic carbocycles. The van der Waals surface area contributed by atoms with Crippen molar-refractivity contribution in [2.24, 2.45) is 11.3 Å². The number of ether oxygens (including phenoxy) is 1. The van der Waals surface area contributed by atoms with Crippen LogP contribution in [0.4, 0.5) is 13.2 Å². The number of aromatic nitrogens is 1. The first-order valence-corrected chi connectivity index (χ1v) is 9.22. The summed E-state index contributed by atoms with van der Waals surface area (Å²) in [5.74, 6) is 1.05. The zero-order chi connectivity index (χ0) is 19.8. The van der Waals surface area contributed by atoms with E-state index in [1.165, 1.54) is 12.1 Å². The minimum Gasteiger partial charge on any atom is -0.490 e. The van der Waals surface area contributed by atoms with Gasteiger partial charge in [-0.1, -0.05) is 20.8 Å². The van der Waals surface area contributed by atoms with E-state index in [-0.39, 0.29) is 28.1 Å². The van der Waals surface area contributed by atoms with Gasteiger partial charge in [-0.25, -0.2) is 4.98 Å². The van der Waals surface area contributed by atoms with E-state index in [0.29, 0.717) is 18.0 Å². The molecule has 0 spiro atoms. The predicted molar refractivity (Wildman–Crippen MR) is 98.0 cm³/mol. The van der Waals surface area contributed by atoms with Crippen LogP contribution < -0.4 is 4.74 Å². The number of aldehydes is 1. The van der Waals surface area contributed by atoms with Gasteiger partial charge in [-0.2, -0.15) is 13.2 Å². The minimum atomic E-state index is -4.57. The Balaban J connectivity index is 1.84. The molecule has 1 aliphatic rings. The molecule has 1 saturated carbocycles. The summed E-state index contributed by atoms with van der Waals surface area (Å²) in [7, 11) is 0. The summed E-state index contributed by atoms with van der Waals surface area (Å²) in [6.07, 6.45) is -0.324. The van der Waals surface area contributed by atoms with E-state index in [1.807, 2.05) is 0 Å². The Labute approximate surface area is 156 Å². The van der Waals surface area contributed by atoms with Crippen LogP contribution in [0.1, 0.15) is 62.5 Å². The molecule has 1 heterocycles. The second-order valence-electron chi connectivity index (χ2n) is 8.35. The molecule has 146 valence electrons. The van der Waals surface area contributed by atoms with Gasteiger partial charge in [0.05, 0.1) is 17.2 Å². The van der Waals surface area contributed by atoms with Gasteiger partial charge < -0.3 is 4.74 Å². The minimum absolute atomic E-state index is 0.0117. The quantitative estimate of drug-likeness (QED) is 0.610. The van der Waals surface area contributed by atoms with Gasteiger partial charge in [0.2, 0.25) is 0 Å². The monoisotopic (exact) mass is 379 g/mol. The third-order valence-corrected chi connectivity index (χ3v) is 5.43. The molecule has 1 fully saturated rings. The van der Waals surface area contributed by atoms with Gasteiger partial charge in [-0.15, -0.1) is 0 Å². The van der Waals surface area contributed by atoms with Crippen LogP contribution in [-0.2, 0) is 6.18 Å². The average molecular weight is 379 g/mol. The van der Waals surface area contributed by atoms with Crippen LogP contribution in [0.5, 0.6) is 5.75 Å². The number of rotatable bonds is 3. The number of fused-ring (bicyclic) bond motifs is 1. The molecule has 27 heavy (non-hydrogen) atoms. The molecule has 0 amide bonds. The van der Waals surface area contributed by atoms with Crippen LogP contribution in [0.25, 0.3) is 10.9 Å². The summed E-state index contributed by atoms with van der Waals surface area (Å²) in [5.41, 5.74) is -0.700. The number of carbonyl (C=O) groups is 1. The highest BCUT2D eigenvalue weighted by atomic mass is 19.4. The van der Waals surface area contributed by atoms with Crippen LogP contribution in [0, 0.1) is 11.3 Å². The number of carbonyl (C=O) groups excluding carboxylic acids is 1. The van der Waals surface area contributed by atoms with Gasteiger partial charge in [0.1, 0.15) is 11.4 Å². The van der Waals surface area contributed by atoms with E-state index in [2.05, 4.69) is 25.8 Å². The zero-order valence-corrected chi connectivity index (χ0v) is 15.8. The second kappa shape index (κ2) is 7.13. The van der Waals surface area contributed by atoms with Crippen LogP contribution in [0.3, 0.4) is 0 Å². The Hall–Kier alpha value is -2.11. The second-order valence-corrected chi connectivity index (χ2v) is 8.35. The maximum Gasteiger partial charge on any atom is 0.417 e. The van der Waals surface area contributed by atoms with E-state index in [0.717, 1.165) is 31.7 Å². The molecule has 0 radical (unpaired) electrons. The summed E-state index contributed by atoms with van der Waals surface area (Å²) in [4.78, 5) is 14.9. The third-order valence-electron chi connectivity index (χ3n) is 5.43. The molecule has 1 aromatic heterocycles. The molecule has 0 N–H and O–H groups in total. The largest absolute Gasteiger partial charge is 0.490 e. The Morgan fingerprint density at radius 2 is 1.74 bits per heavy atom. The van der Waals surface area contributed by atoms with Gasteiger partial charge in [0, 0.05) is 5.39 Å². The topological polar surface area (TPSA) is 39.2 Å². The van der Waals surface area contributed by atoms with Gasteiger partial charge in [-0.05, 0) is 61.3 Å². The van der Waals surface area contributed by atoms with E-state index in [4.69, 9.17) is 4.74 Å². The Kier molecular flexibility index (Phi) is 5.19. The van der Waals surface area contributed by atoms with Gasteiger partial charge in [0.25, 0.3) is 0 Å². The highest BCUT2D eigenvalue weighted by Gasteiger charge is 2.34.